The molecule has 0 aliphatic carbocycles. The van der Waals surface area contributed by atoms with Crippen LogP contribution in [0, 0.1) is 13.8 Å². The number of aryl methyl sites for hydroxylation is 2. The second-order valence-electron chi connectivity index (χ2n) is 6.75. The monoisotopic (exact) mass is 322 g/mol. The zero-order chi connectivity index (χ0) is 16.9. The number of benzene rings is 2. The maximum Gasteiger partial charge on any atom is 0.227 e. The van der Waals surface area contributed by atoms with Crippen molar-refractivity contribution in [1.29, 1.82) is 0 Å². The van der Waals surface area contributed by atoms with Gasteiger partial charge in [0.1, 0.15) is 0 Å². The van der Waals surface area contributed by atoms with Crippen molar-refractivity contribution >= 4 is 5.91 Å². The fourth-order valence-electron chi connectivity index (χ4n) is 3.25. The van der Waals surface area contributed by atoms with Gasteiger partial charge >= 0.3 is 0 Å². The highest BCUT2D eigenvalue weighted by Crippen LogP contribution is 2.15. The van der Waals surface area contributed by atoms with Crippen molar-refractivity contribution in [1.82, 2.24) is 9.80 Å². The second kappa shape index (κ2) is 7.63. The molecule has 3 rings (SSSR count). The van der Waals surface area contributed by atoms with Gasteiger partial charge in [0, 0.05) is 32.7 Å². The van der Waals surface area contributed by atoms with E-state index in [0.717, 1.165) is 38.3 Å². The Kier molecular flexibility index (Phi) is 5.31. The molecule has 0 unspecified atom stereocenters. The van der Waals surface area contributed by atoms with E-state index in [1.165, 1.54) is 16.7 Å². The minimum Gasteiger partial charge on any atom is -0.340 e. The molecular weight excluding hydrogens is 296 g/mol. The van der Waals surface area contributed by atoms with Crippen LogP contribution in [0.25, 0.3) is 0 Å². The van der Waals surface area contributed by atoms with E-state index in [1.807, 2.05) is 35.2 Å². The number of hydrogen-bond donors (Lipinski definition) is 0. The van der Waals surface area contributed by atoms with E-state index < -0.39 is 0 Å². The summed E-state index contributed by atoms with van der Waals surface area (Å²) in [7, 11) is 0. The molecule has 0 atom stereocenters. The van der Waals surface area contributed by atoms with Crippen molar-refractivity contribution in [2.45, 2.75) is 26.8 Å². The Hall–Kier alpha value is -2.13. The molecule has 1 heterocycles. The quantitative estimate of drug-likeness (QED) is 0.863. The van der Waals surface area contributed by atoms with Gasteiger partial charge in [-0.1, -0.05) is 54.1 Å². The highest BCUT2D eigenvalue weighted by Gasteiger charge is 2.21. The van der Waals surface area contributed by atoms with E-state index in [0.29, 0.717) is 6.42 Å². The van der Waals surface area contributed by atoms with Gasteiger partial charge in [-0.05, 0) is 30.5 Å². The lowest BCUT2D eigenvalue weighted by atomic mass is 10.0. The molecule has 3 nitrogen and oxygen atoms in total. The molecule has 0 N–H and O–H groups in total. The van der Waals surface area contributed by atoms with Crippen LogP contribution in [-0.4, -0.2) is 41.9 Å². The Morgan fingerprint density at radius 1 is 0.958 bits per heavy atom. The number of hydrogen-bond acceptors (Lipinski definition) is 2. The van der Waals surface area contributed by atoms with E-state index in [4.69, 9.17) is 0 Å². The number of nitrogens with zero attached hydrogens (tertiary/aromatic N) is 2. The third kappa shape index (κ3) is 4.24. The van der Waals surface area contributed by atoms with E-state index in [1.54, 1.807) is 0 Å². The molecule has 1 saturated heterocycles. The largest absolute Gasteiger partial charge is 0.340 e. The third-order valence-corrected chi connectivity index (χ3v) is 4.82. The second-order valence-corrected chi connectivity index (χ2v) is 6.75. The van der Waals surface area contributed by atoms with Crippen molar-refractivity contribution in [3.63, 3.8) is 0 Å². The fourth-order valence-corrected chi connectivity index (χ4v) is 3.25. The number of rotatable bonds is 4. The summed E-state index contributed by atoms with van der Waals surface area (Å²) in [6, 6.07) is 16.7. The lowest BCUT2D eigenvalue weighted by molar-refractivity contribution is -0.132. The van der Waals surface area contributed by atoms with Gasteiger partial charge in [-0.3, -0.25) is 9.69 Å². The Balaban J connectivity index is 1.52. The Labute approximate surface area is 144 Å². The van der Waals surface area contributed by atoms with Gasteiger partial charge in [0.15, 0.2) is 0 Å². The van der Waals surface area contributed by atoms with Crippen LogP contribution in [0.2, 0.25) is 0 Å². The van der Waals surface area contributed by atoms with Gasteiger partial charge in [-0.25, -0.2) is 0 Å². The molecule has 1 aliphatic heterocycles. The molecule has 0 aromatic heterocycles. The number of carbonyl (C=O) groups excluding carboxylic acids is 1. The van der Waals surface area contributed by atoms with Crippen LogP contribution in [0.1, 0.15) is 22.3 Å². The molecule has 1 fully saturated rings. The van der Waals surface area contributed by atoms with Crippen LogP contribution in [0.4, 0.5) is 0 Å². The Morgan fingerprint density at radius 2 is 1.67 bits per heavy atom. The molecule has 0 bridgehead atoms. The fraction of sp³-hybridized carbons (Fsp3) is 0.381. The average molecular weight is 322 g/mol. The molecule has 1 aliphatic rings. The van der Waals surface area contributed by atoms with Gasteiger partial charge in [0.25, 0.3) is 0 Å². The molecule has 0 spiro atoms. The first-order valence-corrected chi connectivity index (χ1v) is 8.72. The predicted octanol–water partition coefficient (Wildman–Crippen LogP) is 3.19. The first-order chi connectivity index (χ1) is 11.6. The van der Waals surface area contributed by atoms with Crippen molar-refractivity contribution in [2.24, 2.45) is 0 Å². The number of amides is 1. The van der Waals surface area contributed by atoms with E-state index in [-0.39, 0.29) is 5.91 Å². The first kappa shape index (κ1) is 16.7. The summed E-state index contributed by atoms with van der Waals surface area (Å²) in [5.74, 6) is 0.243. The van der Waals surface area contributed by atoms with E-state index >= 15 is 0 Å². The summed E-state index contributed by atoms with van der Waals surface area (Å²) in [6.07, 6.45) is 0.512. The van der Waals surface area contributed by atoms with Crippen LogP contribution in [-0.2, 0) is 17.8 Å². The topological polar surface area (TPSA) is 23.6 Å². The first-order valence-electron chi connectivity index (χ1n) is 8.72. The van der Waals surface area contributed by atoms with Gasteiger partial charge in [0.2, 0.25) is 5.91 Å². The highest BCUT2D eigenvalue weighted by molar-refractivity contribution is 5.78. The molecule has 126 valence electrons. The molecule has 24 heavy (non-hydrogen) atoms. The zero-order valence-corrected chi connectivity index (χ0v) is 14.7. The van der Waals surface area contributed by atoms with Crippen molar-refractivity contribution in [2.75, 3.05) is 26.2 Å². The number of piperazine rings is 1. The van der Waals surface area contributed by atoms with Gasteiger partial charge in [-0.2, -0.15) is 0 Å². The minimum atomic E-state index is 0.243. The predicted molar refractivity (Wildman–Crippen MR) is 97.9 cm³/mol. The van der Waals surface area contributed by atoms with Crippen LogP contribution in [0.3, 0.4) is 0 Å². The molecule has 2 aromatic carbocycles. The SMILES string of the molecule is Cc1ccc(C)c(CN2CCN(C(=O)Cc3ccccc3)CC2)c1. The van der Waals surface area contributed by atoms with Gasteiger partial charge < -0.3 is 4.90 Å². The lowest BCUT2D eigenvalue weighted by Crippen LogP contribution is -2.48. The summed E-state index contributed by atoms with van der Waals surface area (Å²) in [5, 5.41) is 0. The molecule has 3 heteroatoms. The average Bonchev–Trinajstić information content (AvgIpc) is 2.60. The standard InChI is InChI=1S/C21H26N2O/c1-17-8-9-18(2)20(14-17)16-22-10-12-23(13-11-22)21(24)15-19-6-4-3-5-7-19/h3-9,14H,10-13,15-16H2,1-2H3. The number of carbonyl (C=O) groups is 1. The molecule has 0 saturated carbocycles. The van der Waals surface area contributed by atoms with E-state index in [9.17, 15) is 4.79 Å². The van der Waals surface area contributed by atoms with Crippen molar-refractivity contribution < 1.29 is 4.79 Å². The summed E-state index contributed by atoms with van der Waals surface area (Å²) in [5.41, 5.74) is 5.16. The smallest absolute Gasteiger partial charge is 0.227 e. The van der Waals surface area contributed by atoms with Crippen LogP contribution in [0.15, 0.2) is 48.5 Å². The van der Waals surface area contributed by atoms with Crippen LogP contribution in [0.5, 0.6) is 0 Å². The normalized spacial score (nSPS) is 15.5. The third-order valence-electron chi connectivity index (χ3n) is 4.82. The molecule has 1 amide bonds. The van der Waals surface area contributed by atoms with Crippen LogP contribution >= 0.6 is 0 Å². The van der Waals surface area contributed by atoms with Crippen molar-refractivity contribution in [3.8, 4) is 0 Å². The summed E-state index contributed by atoms with van der Waals surface area (Å²) in [4.78, 5) is 16.9. The maximum atomic E-state index is 12.4. The highest BCUT2D eigenvalue weighted by atomic mass is 16.2. The van der Waals surface area contributed by atoms with E-state index in [2.05, 4.69) is 36.9 Å². The van der Waals surface area contributed by atoms with Gasteiger partial charge in [0.05, 0.1) is 6.42 Å². The van der Waals surface area contributed by atoms with Gasteiger partial charge in [-0.15, -0.1) is 0 Å². The Bertz CT molecular complexity index is 688. The van der Waals surface area contributed by atoms with Crippen molar-refractivity contribution in [3.05, 3.63) is 70.8 Å². The zero-order valence-electron chi connectivity index (χ0n) is 14.7. The summed E-state index contributed by atoms with van der Waals surface area (Å²) >= 11 is 0. The lowest BCUT2D eigenvalue weighted by Gasteiger charge is -2.35. The molecular formula is C21H26N2O. The minimum absolute atomic E-state index is 0.243. The molecule has 0 radical (unpaired) electrons. The molecule has 2 aromatic rings. The van der Waals surface area contributed by atoms with Crippen LogP contribution < -0.4 is 0 Å². The maximum absolute atomic E-state index is 12.4. The summed E-state index contributed by atoms with van der Waals surface area (Å²) < 4.78 is 0. The Morgan fingerprint density at radius 3 is 2.38 bits per heavy atom. The summed E-state index contributed by atoms with van der Waals surface area (Å²) in [6.45, 7) is 8.86.